The third-order valence-corrected chi connectivity index (χ3v) is 3.48. The predicted octanol–water partition coefficient (Wildman–Crippen LogP) is 3.06. The standard InChI is InChI=1S/C16H12O3/c1-9-4-3-5-11-10(9)6-7-12-13(17)8-14(19-2)16(18)15(11)12/h3-8H,1-2H3. The number of carbonyl (C=O) groups is 2. The van der Waals surface area contributed by atoms with Gasteiger partial charge in [0, 0.05) is 17.2 Å². The number of benzene rings is 2. The van der Waals surface area contributed by atoms with Gasteiger partial charge in [0.05, 0.1) is 7.11 Å². The Morgan fingerprint density at radius 2 is 1.79 bits per heavy atom. The van der Waals surface area contributed by atoms with Crippen LogP contribution in [0.1, 0.15) is 26.3 Å². The van der Waals surface area contributed by atoms with E-state index in [-0.39, 0.29) is 17.3 Å². The topological polar surface area (TPSA) is 43.4 Å². The van der Waals surface area contributed by atoms with Gasteiger partial charge >= 0.3 is 0 Å². The monoisotopic (exact) mass is 252 g/mol. The van der Waals surface area contributed by atoms with E-state index >= 15 is 0 Å². The number of allylic oxidation sites excluding steroid dienone is 2. The Morgan fingerprint density at radius 3 is 2.53 bits per heavy atom. The average molecular weight is 252 g/mol. The lowest BCUT2D eigenvalue weighted by atomic mass is 9.88. The molecule has 19 heavy (non-hydrogen) atoms. The quantitative estimate of drug-likeness (QED) is 0.783. The summed E-state index contributed by atoms with van der Waals surface area (Å²) < 4.78 is 5.00. The molecule has 0 bridgehead atoms. The summed E-state index contributed by atoms with van der Waals surface area (Å²) in [4.78, 5) is 24.4. The number of methoxy groups -OCH3 is 1. The van der Waals surface area contributed by atoms with Crippen LogP contribution < -0.4 is 0 Å². The Balaban J connectivity index is 2.41. The first kappa shape index (κ1) is 11.7. The van der Waals surface area contributed by atoms with Crippen molar-refractivity contribution in [2.75, 3.05) is 7.11 Å². The van der Waals surface area contributed by atoms with Crippen molar-refractivity contribution in [1.29, 1.82) is 0 Å². The molecule has 0 atom stereocenters. The van der Waals surface area contributed by atoms with Gasteiger partial charge in [0.2, 0.25) is 5.78 Å². The average Bonchev–Trinajstić information content (AvgIpc) is 2.42. The fourth-order valence-corrected chi connectivity index (χ4v) is 2.50. The molecule has 3 rings (SSSR count). The highest BCUT2D eigenvalue weighted by Gasteiger charge is 2.28. The highest BCUT2D eigenvalue weighted by atomic mass is 16.5. The van der Waals surface area contributed by atoms with Crippen molar-refractivity contribution in [1.82, 2.24) is 0 Å². The first-order valence-electron chi connectivity index (χ1n) is 6.00. The largest absolute Gasteiger partial charge is 0.492 e. The summed E-state index contributed by atoms with van der Waals surface area (Å²) in [7, 11) is 1.40. The van der Waals surface area contributed by atoms with Crippen LogP contribution in [0.5, 0.6) is 0 Å². The van der Waals surface area contributed by atoms with Crippen LogP contribution in [0, 0.1) is 6.92 Å². The maximum absolute atomic E-state index is 12.4. The van der Waals surface area contributed by atoms with E-state index in [4.69, 9.17) is 4.74 Å². The van der Waals surface area contributed by atoms with Crippen molar-refractivity contribution in [3.05, 3.63) is 58.9 Å². The van der Waals surface area contributed by atoms with Gasteiger partial charge in [0.1, 0.15) is 0 Å². The number of rotatable bonds is 1. The zero-order valence-electron chi connectivity index (χ0n) is 10.7. The fourth-order valence-electron chi connectivity index (χ4n) is 2.50. The maximum atomic E-state index is 12.4. The second kappa shape index (κ2) is 4.05. The minimum atomic E-state index is -0.228. The Kier molecular flexibility index (Phi) is 2.49. The van der Waals surface area contributed by atoms with E-state index in [2.05, 4.69) is 0 Å². The molecule has 0 amide bonds. The summed E-state index contributed by atoms with van der Waals surface area (Å²) in [6.07, 6.45) is 1.26. The molecular formula is C16H12O3. The van der Waals surface area contributed by atoms with Crippen LogP contribution in [0.3, 0.4) is 0 Å². The number of ether oxygens (including phenoxy) is 1. The zero-order chi connectivity index (χ0) is 13.6. The number of fused-ring (bicyclic) bond motifs is 3. The van der Waals surface area contributed by atoms with E-state index in [9.17, 15) is 9.59 Å². The minimum absolute atomic E-state index is 0.103. The molecule has 0 aliphatic heterocycles. The number of Topliss-reactive ketones (excluding diaryl/α,β-unsaturated/α-hetero) is 1. The van der Waals surface area contributed by atoms with Crippen molar-refractivity contribution in [3.8, 4) is 0 Å². The first-order chi connectivity index (χ1) is 9.13. The second-order valence-corrected chi connectivity index (χ2v) is 4.56. The molecule has 2 aromatic rings. The Hall–Kier alpha value is -2.42. The number of carbonyl (C=O) groups excluding carboxylic acids is 2. The molecule has 0 fully saturated rings. The molecule has 1 aliphatic rings. The predicted molar refractivity (Wildman–Crippen MR) is 72.4 cm³/mol. The molecule has 0 N–H and O–H groups in total. The number of hydrogen-bond donors (Lipinski definition) is 0. The molecule has 2 aromatic carbocycles. The normalized spacial score (nSPS) is 14.3. The number of ketones is 2. The van der Waals surface area contributed by atoms with Gasteiger partial charge in [-0.25, -0.2) is 0 Å². The summed E-state index contributed by atoms with van der Waals surface area (Å²) >= 11 is 0. The third kappa shape index (κ3) is 1.58. The van der Waals surface area contributed by atoms with Crippen molar-refractivity contribution in [2.24, 2.45) is 0 Å². The molecule has 0 unspecified atom stereocenters. The zero-order valence-corrected chi connectivity index (χ0v) is 10.7. The van der Waals surface area contributed by atoms with Crippen LogP contribution in [-0.4, -0.2) is 18.7 Å². The molecule has 3 nitrogen and oxygen atoms in total. The van der Waals surface area contributed by atoms with E-state index in [0.29, 0.717) is 11.1 Å². The van der Waals surface area contributed by atoms with Crippen LogP contribution >= 0.6 is 0 Å². The van der Waals surface area contributed by atoms with Gasteiger partial charge in [-0.3, -0.25) is 9.59 Å². The summed E-state index contributed by atoms with van der Waals surface area (Å²) in [5, 5.41) is 1.79. The van der Waals surface area contributed by atoms with Crippen LogP contribution in [0.15, 0.2) is 42.2 Å². The molecule has 0 aromatic heterocycles. The van der Waals surface area contributed by atoms with Crippen LogP contribution in [0.2, 0.25) is 0 Å². The van der Waals surface area contributed by atoms with Crippen LogP contribution in [-0.2, 0) is 4.74 Å². The van der Waals surface area contributed by atoms with Gasteiger partial charge in [-0.2, -0.15) is 0 Å². The van der Waals surface area contributed by atoms with E-state index < -0.39 is 0 Å². The summed E-state index contributed by atoms with van der Waals surface area (Å²) in [5.41, 5.74) is 1.98. The van der Waals surface area contributed by atoms with Gasteiger partial charge in [-0.05, 0) is 29.3 Å². The lowest BCUT2D eigenvalue weighted by Crippen LogP contribution is -2.18. The molecule has 0 radical (unpaired) electrons. The Labute approximate surface area is 110 Å². The summed E-state index contributed by atoms with van der Waals surface area (Å²) in [6.45, 7) is 1.98. The van der Waals surface area contributed by atoms with Crippen molar-refractivity contribution < 1.29 is 14.3 Å². The third-order valence-electron chi connectivity index (χ3n) is 3.48. The molecular weight excluding hydrogens is 240 g/mol. The van der Waals surface area contributed by atoms with Crippen LogP contribution in [0.25, 0.3) is 10.8 Å². The molecule has 94 valence electrons. The van der Waals surface area contributed by atoms with Gasteiger partial charge < -0.3 is 4.74 Å². The van der Waals surface area contributed by atoms with Gasteiger partial charge in [0.25, 0.3) is 0 Å². The van der Waals surface area contributed by atoms with E-state index in [1.807, 2.05) is 31.2 Å². The fraction of sp³-hybridized carbons (Fsp3) is 0.125. The Morgan fingerprint density at radius 1 is 1.00 bits per heavy atom. The highest BCUT2D eigenvalue weighted by Crippen LogP contribution is 2.30. The molecule has 0 heterocycles. The lowest BCUT2D eigenvalue weighted by Gasteiger charge is -2.16. The number of aryl methyl sites for hydroxylation is 1. The smallest absolute Gasteiger partial charge is 0.229 e. The lowest BCUT2D eigenvalue weighted by molar-refractivity contribution is 0.0918. The molecule has 3 heteroatoms. The van der Waals surface area contributed by atoms with Crippen molar-refractivity contribution in [3.63, 3.8) is 0 Å². The van der Waals surface area contributed by atoms with Gasteiger partial charge in [0.15, 0.2) is 11.5 Å². The van der Waals surface area contributed by atoms with Gasteiger partial charge in [-0.15, -0.1) is 0 Å². The molecule has 0 saturated carbocycles. The minimum Gasteiger partial charge on any atom is -0.492 e. The van der Waals surface area contributed by atoms with E-state index in [1.54, 1.807) is 6.07 Å². The van der Waals surface area contributed by atoms with Gasteiger partial charge in [-0.1, -0.05) is 24.3 Å². The van der Waals surface area contributed by atoms with Crippen LogP contribution in [0.4, 0.5) is 0 Å². The molecule has 1 aliphatic carbocycles. The maximum Gasteiger partial charge on any atom is 0.229 e. The second-order valence-electron chi connectivity index (χ2n) is 4.56. The van der Waals surface area contributed by atoms with E-state index in [1.165, 1.54) is 13.2 Å². The SMILES string of the molecule is COC1=CC(=O)c2ccc3c(C)cccc3c2C1=O. The highest BCUT2D eigenvalue weighted by molar-refractivity contribution is 6.28. The molecule has 0 spiro atoms. The van der Waals surface area contributed by atoms with Crippen molar-refractivity contribution >= 4 is 22.3 Å². The molecule has 0 saturated heterocycles. The number of hydrogen-bond acceptors (Lipinski definition) is 3. The van der Waals surface area contributed by atoms with Crippen molar-refractivity contribution in [2.45, 2.75) is 6.92 Å². The van der Waals surface area contributed by atoms with E-state index in [0.717, 1.165) is 16.3 Å². The summed E-state index contributed by atoms with van der Waals surface area (Å²) in [5.74, 6) is -0.310. The summed E-state index contributed by atoms with van der Waals surface area (Å²) in [6, 6.07) is 9.34. The Bertz CT molecular complexity index is 754. The first-order valence-corrected chi connectivity index (χ1v) is 6.00.